The second-order valence-corrected chi connectivity index (χ2v) is 4.49. The molecular formula is C8H12N4O2S. The number of carboxylic acid groups (broad SMARTS) is 1. The number of rotatable bonds is 2. The maximum atomic E-state index is 10.9. The highest BCUT2D eigenvalue weighted by Gasteiger charge is 2.42. The Labute approximate surface area is 90.9 Å². The number of nitrogens with zero attached hydrogens (tertiary/aromatic N) is 3. The fourth-order valence-corrected chi connectivity index (χ4v) is 2.28. The summed E-state index contributed by atoms with van der Waals surface area (Å²) >= 11 is 1.28. The summed E-state index contributed by atoms with van der Waals surface area (Å²) < 4.78 is 4.05. The van der Waals surface area contributed by atoms with Crippen molar-refractivity contribution in [3.8, 4) is 0 Å². The average Bonchev–Trinajstić information content (AvgIpc) is 2.73. The minimum Gasteiger partial charge on any atom is -0.480 e. The van der Waals surface area contributed by atoms with Crippen molar-refractivity contribution in [3.05, 3.63) is 5.82 Å². The van der Waals surface area contributed by atoms with Gasteiger partial charge in [-0.3, -0.25) is 4.79 Å². The summed E-state index contributed by atoms with van der Waals surface area (Å²) in [4.78, 5) is 17.0. The van der Waals surface area contributed by atoms with E-state index in [1.165, 1.54) is 11.5 Å². The highest BCUT2D eigenvalue weighted by Crippen LogP contribution is 2.26. The van der Waals surface area contributed by atoms with Crippen molar-refractivity contribution in [2.75, 3.05) is 18.0 Å². The molecule has 0 aromatic carbocycles. The van der Waals surface area contributed by atoms with Crippen LogP contribution in [0.2, 0.25) is 0 Å². The van der Waals surface area contributed by atoms with Gasteiger partial charge in [0.05, 0.1) is 0 Å². The third-order valence-corrected chi connectivity index (χ3v) is 3.38. The summed E-state index contributed by atoms with van der Waals surface area (Å²) in [6, 6.07) is 0. The van der Waals surface area contributed by atoms with Crippen LogP contribution in [0.3, 0.4) is 0 Å². The van der Waals surface area contributed by atoms with Gasteiger partial charge in [0.2, 0.25) is 5.13 Å². The van der Waals surface area contributed by atoms with Crippen LogP contribution >= 0.6 is 11.5 Å². The van der Waals surface area contributed by atoms with Crippen molar-refractivity contribution >= 4 is 22.6 Å². The standard InChI is InChI=1S/C8H12N4O2S/c1-5-10-7(15-11-5)12-3-2-8(9,4-12)6(13)14/h2-4,9H2,1H3,(H,13,14). The van der Waals surface area contributed by atoms with Gasteiger partial charge in [-0.25, -0.2) is 4.98 Å². The molecule has 3 N–H and O–H groups in total. The van der Waals surface area contributed by atoms with Crippen LogP contribution in [0.4, 0.5) is 5.13 Å². The van der Waals surface area contributed by atoms with E-state index in [0.29, 0.717) is 25.3 Å². The Bertz CT molecular complexity index is 394. The molecule has 7 heteroatoms. The van der Waals surface area contributed by atoms with Gasteiger partial charge >= 0.3 is 5.97 Å². The predicted octanol–water partition coefficient (Wildman–Crippen LogP) is -0.161. The van der Waals surface area contributed by atoms with Crippen LogP contribution in [0, 0.1) is 6.92 Å². The van der Waals surface area contributed by atoms with Crippen LogP contribution in [-0.2, 0) is 4.79 Å². The van der Waals surface area contributed by atoms with E-state index in [2.05, 4.69) is 9.36 Å². The second kappa shape index (κ2) is 3.42. The van der Waals surface area contributed by atoms with Gasteiger partial charge in [-0.15, -0.1) is 0 Å². The minimum atomic E-state index is -1.14. The summed E-state index contributed by atoms with van der Waals surface area (Å²) in [6.07, 6.45) is 0.445. The van der Waals surface area contributed by atoms with Crippen molar-refractivity contribution in [1.82, 2.24) is 9.36 Å². The first-order valence-corrected chi connectivity index (χ1v) is 5.36. The number of carboxylic acids is 1. The highest BCUT2D eigenvalue weighted by molar-refractivity contribution is 7.09. The van der Waals surface area contributed by atoms with Crippen LogP contribution in [-0.4, -0.2) is 39.1 Å². The SMILES string of the molecule is Cc1nsc(N2CCC(N)(C(=O)O)C2)n1. The quantitative estimate of drug-likeness (QED) is 0.730. The van der Waals surface area contributed by atoms with Gasteiger partial charge in [0.25, 0.3) is 0 Å². The number of aryl methyl sites for hydroxylation is 1. The van der Waals surface area contributed by atoms with Crippen LogP contribution in [0.15, 0.2) is 0 Å². The molecule has 0 bridgehead atoms. The van der Waals surface area contributed by atoms with Crippen LogP contribution in [0.5, 0.6) is 0 Å². The van der Waals surface area contributed by atoms with E-state index >= 15 is 0 Å². The molecule has 6 nitrogen and oxygen atoms in total. The summed E-state index contributed by atoms with van der Waals surface area (Å²) in [7, 11) is 0. The largest absolute Gasteiger partial charge is 0.480 e. The zero-order chi connectivity index (χ0) is 11.1. The predicted molar refractivity (Wildman–Crippen MR) is 56.0 cm³/mol. The number of aromatic nitrogens is 2. The maximum Gasteiger partial charge on any atom is 0.325 e. The van der Waals surface area contributed by atoms with Crippen LogP contribution in [0.25, 0.3) is 0 Å². The molecule has 0 aliphatic carbocycles. The summed E-state index contributed by atoms with van der Waals surface area (Å²) in [5.74, 6) is -0.244. The summed E-state index contributed by atoms with van der Waals surface area (Å²) in [5.41, 5.74) is 4.61. The maximum absolute atomic E-state index is 10.9. The molecular weight excluding hydrogens is 216 g/mol. The van der Waals surface area contributed by atoms with E-state index in [0.717, 1.165) is 5.13 Å². The molecule has 1 saturated heterocycles. The third-order valence-electron chi connectivity index (χ3n) is 2.51. The lowest BCUT2D eigenvalue weighted by Gasteiger charge is -2.18. The first-order chi connectivity index (χ1) is 7.01. The number of anilines is 1. The molecule has 1 aliphatic rings. The monoisotopic (exact) mass is 228 g/mol. The van der Waals surface area contributed by atoms with E-state index in [1.807, 2.05) is 11.8 Å². The first-order valence-electron chi connectivity index (χ1n) is 4.59. The molecule has 1 aromatic rings. The summed E-state index contributed by atoms with van der Waals surface area (Å²) in [5, 5.41) is 9.71. The molecule has 15 heavy (non-hydrogen) atoms. The van der Waals surface area contributed by atoms with Gasteiger partial charge in [-0.1, -0.05) is 0 Å². The number of nitrogens with two attached hydrogens (primary N) is 1. The Kier molecular flexibility index (Phi) is 2.35. The topological polar surface area (TPSA) is 92.3 Å². The van der Waals surface area contributed by atoms with Crippen LogP contribution in [0.1, 0.15) is 12.2 Å². The van der Waals surface area contributed by atoms with Crippen LogP contribution < -0.4 is 10.6 Å². The van der Waals surface area contributed by atoms with E-state index in [-0.39, 0.29) is 0 Å². The fourth-order valence-electron chi connectivity index (χ4n) is 1.59. The molecule has 2 heterocycles. The van der Waals surface area contributed by atoms with E-state index in [1.54, 1.807) is 0 Å². The van der Waals surface area contributed by atoms with Crippen molar-refractivity contribution in [1.29, 1.82) is 0 Å². The Hall–Kier alpha value is -1.21. The lowest BCUT2D eigenvalue weighted by atomic mass is 10.0. The molecule has 1 fully saturated rings. The Morgan fingerprint density at radius 1 is 1.73 bits per heavy atom. The van der Waals surface area contributed by atoms with Crippen molar-refractivity contribution in [2.24, 2.45) is 5.73 Å². The Morgan fingerprint density at radius 3 is 2.93 bits per heavy atom. The molecule has 0 saturated carbocycles. The van der Waals surface area contributed by atoms with Crippen molar-refractivity contribution in [2.45, 2.75) is 18.9 Å². The molecule has 0 radical (unpaired) electrons. The van der Waals surface area contributed by atoms with Gasteiger partial charge < -0.3 is 15.7 Å². The molecule has 1 atom stereocenters. The molecule has 82 valence electrons. The number of carbonyl (C=O) groups is 1. The summed E-state index contributed by atoms with van der Waals surface area (Å²) in [6.45, 7) is 2.73. The molecule has 2 rings (SSSR count). The molecule has 0 spiro atoms. The zero-order valence-electron chi connectivity index (χ0n) is 8.30. The first kappa shape index (κ1) is 10.3. The lowest BCUT2D eigenvalue weighted by Crippen LogP contribution is -2.50. The Balaban J connectivity index is 2.14. The van der Waals surface area contributed by atoms with Gasteiger partial charge in [-0.05, 0) is 13.3 Å². The Morgan fingerprint density at radius 2 is 2.47 bits per heavy atom. The molecule has 0 amide bonds. The zero-order valence-corrected chi connectivity index (χ0v) is 9.12. The van der Waals surface area contributed by atoms with Crippen molar-refractivity contribution in [3.63, 3.8) is 0 Å². The van der Waals surface area contributed by atoms with Gasteiger partial charge in [-0.2, -0.15) is 4.37 Å². The van der Waals surface area contributed by atoms with E-state index in [9.17, 15) is 4.79 Å². The smallest absolute Gasteiger partial charge is 0.325 e. The normalized spacial score (nSPS) is 25.9. The minimum absolute atomic E-state index is 0.303. The van der Waals surface area contributed by atoms with Gasteiger partial charge in [0.15, 0.2) is 0 Å². The lowest BCUT2D eigenvalue weighted by molar-refractivity contribution is -0.142. The number of hydrogen-bond donors (Lipinski definition) is 2. The number of hydrogen-bond acceptors (Lipinski definition) is 6. The van der Waals surface area contributed by atoms with Gasteiger partial charge in [0, 0.05) is 24.6 Å². The fraction of sp³-hybridized carbons (Fsp3) is 0.625. The van der Waals surface area contributed by atoms with Crippen molar-refractivity contribution < 1.29 is 9.90 Å². The van der Waals surface area contributed by atoms with E-state index in [4.69, 9.17) is 10.8 Å². The number of aliphatic carboxylic acids is 1. The average molecular weight is 228 g/mol. The van der Waals surface area contributed by atoms with Gasteiger partial charge in [0.1, 0.15) is 11.4 Å². The molecule has 1 unspecified atom stereocenters. The second-order valence-electron chi connectivity index (χ2n) is 3.76. The third kappa shape index (κ3) is 1.80. The highest BCUT2D eigenvalue weighted by atomic mass is 32.1. The molecule has 1 aromatic heterocycles. The molecule has 1 aliphatic heterocycles. The van der Waals surface area contributed by atoms with E-state index < -0.39 is 11.5 Å².